The average molecular weight is 314 g/mol. The maximum atomic E-state index is 13.4. The van der Waals surface area contributed by atoms with E-state index in [-0.39, 0.29) is 17.5 Å². The molecule has 0 radical (unpaired) electrons. The summed E-state index contributed by atoms with van der Waals surface area (Å²) in [6.45, 7) is 1.23. The molecule has 0 spiro atoms. The second-order valence-electron chi connectivity index (χ2n) is 5.36. The van der Waals surface area contributed by atoms with Crippen LogP contribution in [-0.2, 0) is 14.8 Å². The first-order chi connectivity index (χ1) is 9.82. The van der Waals surface area contributed by atoms with Crippen molar-refractivity contribution in [3.63, 3.8) is 0 Å². The predicted molar refractivity (Wildman–Crippen MR) is 76.5 cm³/mol. The zero-order valence-corrected chi connectivity index (χ0v) is 12.7. The number of nitrogens with two attached hydrogens (primary N) is 1. The molecule has 21 heavy (non-hydrogen) atoms. The number of hydrogen-bond donors (Lipinski definition) is 1. The van der Waals surface area contributed by atoms with Crippen molar-refractivity contribution in [3.05, 3.63) is 29.6 Å². The van der Waals surface area contributed by atoms with E-state index in [1.165, 1.54) is 12.1 Å². The molecule has 1 fully saturated rings. The SMILES string of the molecule is Cc1ccc(F)cc1S(=O)(=O)N(CC(N)=O)C1CCCC1. The molecule has 5 nitrogen and oxygen atoms in total. The van der Waals surface area contributed by atoms with Gasteiger partial charge in [0.05, 0.1) is 11.4 Å². The third kappa shape index (κ3) is 3.41. The van der Waals surface area contributed by atoms with Gasteiger partial charge in [-0.2, -0.15) is 4.31 Å². The first-order valence-electron chi connectivity index (χ1n) is 6.88. The summed E-state index contributed by atoms with van der Waals surface area (Å²) in [7, 11) is -3.94. The molecule has 0 aromatic heterocycles. The van der Waals surface area contributed by atoms with Crippen LogP contribution in [0.4, 0.5) is 4.39 Å². The quantitative estimate of drug-likeness (QED) is 0.895. The van der Waals surface area contributed by atoms with E-state index >= 15 is 0 Å². The smallest absolute Gasteiger partial charge is 0.244 e. The van der Waals surface area contributed by atoms with Crippen LogP contribution in [0.2, 0.25) is 0 Å². The van der Waals surface area contributed by atoms with Crippen molar-refractivity contribution in [3.8, 4) is 0 Å². The van der Waals surface area contributed by atoms with Crippen LogP contribution in [0.25, 0.3) is 0 Å². The Bertz CT molecular complexity index is 640. The maximum absolute atomic E-state index is 13.4. The Hall–Kier alpha value is -1.47. The van der Waals surface area contributed by atoms with Gasteiger partial charge in [0.2, 0.25) is 15.9 Å². The molecular weight excluding hydrogens is 295 g/mol. The van der Waals surface area contributed by atoms with E-state index in [0.717, 1.165) is 23.2 Å². The van der Waals surface area contributed by atoms with Crippen LogP contribution < -0.4 is 5.73 Å². The Labute approximate surface area is 124 Å². The molecule has 2 rings (SSSR count). The number of carbonyl (C=O) groups excluding carboxylic acids is 1. The van der Waals surface area contributed by atoms with Crippen molar-refractivity contribution in [2.75, 3.05) is 6.54 Å². The lowest BCUT2D eigenvalue weighted by Gasteiger charge is -2.27. The van der Waals surface area contributed by atoms with Crippen molar-refractivity contribution < 1.29 is 17.6 Å². The van der Waals surface area contributed by atoms with Crippen LogP contribution in [0.1, 0.15) is 31.2 Å². The Morgan fingerprint density at radius 1 is 1.38 bits per heavy atom. The molecule has 2 N–H and O–H groups in total. The fourth-order valence-electron chi connectivity index (χ4n) is 2.73. The minimum absolute atomic E-state index is 0.101. The second kappa shape index (κ2) is 6.11. The number of nitrogens with zero attached hydrogens (tertiary/aromatic N) is 1. The standard InChI is InChI=1S/C14H19FN2O3S/c1-10-6-7-11(15)8-13(10)21(19,20)17(9-14(16)18)12-4-2-3-5-12/h6-8,12H,2-5,9H2,1H3,(H2,16,18). The molecule has 1 aliphatic rings. The molecule has 116 valence electrons. The molecule has 0 atom stereocenters. The molecule has 0 bridgehead atoms. The van der Waals surface area contributed by atoms with Crippen LogP contribution in [0.5, 0.6) is 0 Å². The van der Waals surface area contributed by atoms with Crippen molar-refractivity contribution in [1.29, 1.82) is 0 Å². The molecule has 1 saturated carbocycles. The maximum Gasteiger partial charge on any atom is 0.244 e. The Kier molecular flexibility index (Phi) is 4.63. The van der Waals surface area contributed by atoms with Gasteiger partial charge in [0.15, 0.2) is 0 Å². The lowest BCUT2D eigenvalue weighted by Crippen LogP contribution is -2.44. The normalized spacial score (nSPS) is 16.5. The van der Waals surface area contributed by atoms with Gasteiger partial charge in [0, 0.05) is 6.04 Å². The molecule has 1 amide bonds. The van der Waals surface area contributed by atoms with E-state index in [2.05, 4.69) is 0 Å². The number of sulfonamides is 1. The van der Waals surface area contributed by atoms with E-state index in [4.69, 9.17) is 5.73 Å². The highest BCUT2D eigenvalue weighted by Crippen LogP contribution is 2.29. The molecular formula is C14H19FN2O3S. The van der Waals surface area contributed by atoms with Gasteiger partial charge < -0.3 is 5.73 Å². The first-order valence-corrected chi connectivity index (χ1v) is 8.32. The summed E-state index contributed by atoms with van der Waals surface area (Å²) in [6.07, 6.45) is 3.22. The topological polar surface area (TPSA) is 80.5 Å². The van der Waals surface area contributed by atoms with Gasteiger partial charge in [-0.05, 0) is 37.5 Å². The fourth-order valence-corrected chi connectivity index (χ4v) is 4.62. The van der Waals surface area contributed by atoms with Crippen molar-refractivity contribution in [2.45, 2.75) is 43.5 Å². The molecule has 0 unspecified atom stereocenters. The third-order valence-corrected chi connectivity index (χ3v) is 5.82. The van der Waals surface area contributed by atoms with Gasteiger partial charge in [0.1, 0.15) is 5.82 Å². The number of halogens is 1. The van der Waals surface area contributed by atoms with Crippen LogP contribution in [-0.4, -0.2) is 31.2 Å². The van der Waals surface area contributed by atoms with Gasteiger partial charge in [-0.1, -0.05) is 18.9 Å². The van der Waals surface area contributed by atoms with Crippen LogP contribution in [0.3, 0.4) is 0 Å². The molecule has 1 aliphatic carbocycles. The van der Waals surface area contributed by atoms with Crippen molar-refractivity contribution in [1.82, 2.24) is 4.31 Å². The largest absolute Gasteiger partial charge is 0.369 e. The lowest BCUT2D eigenvalue weighted by atomic mass is 10.2. The van der Waals surface area contributed by atoms with E-state index in [9.17, 15) is 17.6 Å². The summed E-state index contributed by atoms with van der Waals surface area (Å²) in [6, 6.07) is 3.38. The van der Waals surface area contributed by atoms with Crippen molar-refractivity contribution >= 4 is 15.9 Å². The minimum atomic E-state index is -3.94. The molecule has 1 aromatic rings. The highest BCUT2D eigenvalue weighted by Gasteiger charge is 2.35. The number of aryl methyl sites for hydroxylation is 1. The van der Waals surface area contributed by atoms with E-state index in [1.807, 2.05) is 0 Å². The predicted octanol–water partition coefficient (Wildman–Crippen LogP) is 1.55. The summed E-state index contributed by atoms with van der Waals surface area (Å²) in [4.78, 5) is 11.1. The Morgan fingerprint density at radius 2 is 2.00 bits per heavy atom. The molecule has 1 aromatic carbocycles. The summed E-state index contributed by atoms with van der Waals surface area (Å²) < 4.78 is 40.1. The van der Waals surface area contributed by atoms with E-state index < -0.39 is 21.7 Å². The van der Waals surface area contributed by atoms with Crippen molar-refractivity contribution in [2.24, 2.45) is 5.73 Å². The van der Waals surface area contributed by atoms with Gasteiger partial charge in [-0.15, -0.1) is 0 Å². The number of carbonyl (C=O) groups is 1. The number of rotatable bonds is 5. The molecule has 0 saturated heterocycles. The summed E-state index contributed by atoms with van der Waals surface area (Å²) in [5, 5.41) is 0. The van der Waals surface area contributed by atoms with Gasteiger partial charge in [-0.3, -0.25) is 4.79 Å². The lowest BCUT2D eigenvalue weighted by molar-refractivity contribution is -0.118. The molecule has 0 heterocycles. The summed E-state index contributed by atoms with van der Waals surface area (Å²) in [5.74, 6) is -1.33. The number of benzene rings is 1. The van der Waals surface area contributed by atoms with Crippen LogP contribution in [0, 0.1) is 12.7 Å². The second-order valence-corrected chi connectivity index (χ2v) is 7.22. The summed E-state index contributed by atoms with van der Waals surface area (Å²) >= 11 is 0. The third-order valence-electron chi connectivity index (χ3n) is 3.78. The summed E-state index contributed by atoms with van der Waals surface area (Å²) in [5.41, 5.74) is 5.63. The highest BCUT2D eigenvalue weighted by molar-refractivity contribution is 7.89. The zero-order valence-electron chi connectivity index (χ0n) is 11.9. The molecule has 0 aliphatic heterocycles. The Morgan fingerprint density at radius 3 is 2.57 bits per heavy atom. The van der Waals surface area contributed by atoms with Crippen LogP contribution in [0.15, 0.2) is 23.1 Å². The number of hydrogen-bond acceptors (Lipinski definition) is 3. The van der Waals surface area contributed by atoms with E-state index in [1.54, 1.807) is 6.92 Å². The van der Waals surface area contributed by atoms with Gasteiger partial charge in [0.25, 0.3) is 0 Å². The highest BCUT2D eigenvalue weighted by atomic mass is 32.2. The zero-order chi connectivity index (χ0) is 15.6. The first kappa shape index (κ1) is 15.9. The average Bonchev–Trinajstić information content (AvgIpc) is 2.92. The minimum Gasteiger partial charge on any atom is -0.369 e. The number of primary amides is 1. The number of amides is 1. The van der Waals surface area contributed by atoms with E-state index in [0.29, 0.717) is 18.4 Å². The van der Waals surface area contributed by atoms with Gasteiger partial charge in [-0.25, -0.2) is 12.8 Å². The monoisotopic (exact) mass is 314 g/mol. The van der Waals surface area contributed by atoms with Gasteiger partial charge >= 0.3 is 0 Å². The molecule has 7 heteroatoms. The van der Waals surface area contributed by atoms with Crippen LogP contribution >= 0.6 is 0 Å². The fraction of sp³-hybridized carbons (Fsp3) is 0.500. The Balaban J connectivity index is 2.45.